The minimum absolute atomic E-state index is 0.102. The zero-order chi connectivity index (χ0) is 19.9. The number of carbonyl (C=O) groups excluding carboxylic acids is 2. The number of esters is 1. The van der Waals surface area contributed by atoms with Crippen molar-refractivity contribution in [1.82, 2.24) is 5.32 Å². The fourth-order valence-electron chi connectivity index (χ4n) is 2.50. The van der Waals surface area contributed by atoms with E-state index < -0.39 is 24.2 Å². The van der Waals surface area contributed by atoms with Gasteiger partial charge in [-0.25, -0.2) is 9.59 Å². The maximum absolute atomic E-state index is 11.9. The quantitative estimate of drug-likeness (QED) is 0.329. The largest absolute Gasteiger partial charge is 0.467 e. The number of benzene rings is 1. The second-order valence-electron chi connectivity index (χ2n) is 6.36. The smallest absolute Gasteiger partial charge is 0.408 e. The van der Waals surface area contributed by atoms with Crippen LogP contribution < -0.4 is 5.32 Å². The summed E-state index contributed by atoms with van der Waals surface area (Å²) in [6, 6.07) is 8.23. The first-order valence-electron chi connectivity index (χ1n) is 9.48. The van der Waals surface area contributed by atoms with Crippen molar-refractivity contribution in [3.63, 3.8) is 0 Å². The van der Waals surface area contributed by atoms with E-state index in [4.69, 9.17) is 9.47 Å². The maximum atomic E-state index is 11.9. The second-order valence-corrected chi connectivity index (χ2v) is 6.36. The van der Waals surface area contributed by atoms with Gasteiger partial charge >= 0.3 is 12.1 Å². The summed E-state index contributed by atoms with van der Waals surface area (Å²) in [5.74, 6) is -0.627. The van der Waals surface area contributed by atoms with Gasteiger partial charge in [0.2, 0.25) is 0 Å². The number of hydrogen-bond donors (Lipinski definition) is 2. The Labute approximate surface area is 161 Å². The number of methoxy groups -OCH3 is 1. The molecule has 0 aliphatic heterocycles. The molecule has 0 heterocycles. The predicted molar refractivity (Wildman–Crippen MR) is 104 cm³/mol. The van der Waals surface area contributed by atoms with Crippen LogP contribution in [0.2, 0.25) is 0 Å². The van der Waals surface area contributed by atoms with E-state index in [9.17, 15) is 14.7 Å². The van der Waals surface area contributed by atoms with E-state index in [1.54, 1.807) is 0 Å². The minimum atomic E-state index is -1.01. The van der Waals surface area contributed by atoms with Crippen LogP contribution in [0.25, 0.3) is 0 Å². The molecular formula is C21H31NO5. The average Bonchev–Trinajstić information content (AvgIpc) is 2.69. The van der Waals surface area contributed by atoms with Crippen molar-refractivity contribution in [2.75, 3.05) is 7.11 Å². The van der Waals surface area contributed by atoms with Gasteiger partial charge in [-0.3, -0.25) is 0 Å². The average molecular weight is 377 g/mol. The molecule has 0 spiro atoms. The van der Waals surface area contributed by atoms with Gasteiger partial charge in [0.1, 0.15) is 12.6 Å². The van der Waals surface area contributed by atoms with Gasteiger partial charge in [0, 0.05) is 0 Å². The van der Waals surface area contributed by atoms with Crippen LogP contribution in [0.15, 0.2) is 42.5 Å². The fraction of sp³-hybridized carbons (Fsp3) is 0.524. The Morgan fingerprint density at radius 3 is 2.48 bits per heavy atom. The van der Waals surface area contributed by atoms with Crippen molar-refractivity contribution in [2.45, 2.75) is 64.2 Å². The molecule has 1 amide bonds. The fourth-order valence-corrected chi connectivity index (χ4v) is 2.50. The molecule has 0 aromatic heterocycles. The van der Waals surface area contributed by atoms with Crippen molar-refractivity contribution in [1.29, 1.82) is 0 Å². The Balaban J connectivity index is 2.44. The maximum Gasteiger partial charge on any atom is 0.408 e. The molecule has 0 saturated heterocycles. The molecule has 27 heavy (non-hydrogen) atoms. The van der Waals surface area contributed by atoms with Crippen molar-refractivity contribution in [3.8, 4) is 0 Å². The third-order valence-electron chi connectivity index (χ3n) is 4.07. The summed E-state index contributed by atoms with van der Waals surface area (Å²) in [6.07, 6.45) is 7.70. The highest BCUT2D eigenvalue weighted by atomic mass is 16.6. The molecule has 1 rings (SSSR count). The number of nitrogens with one attached hydrogen (secondary N) is 1. The third kappa shape index (κ3) is 10.4. The summed E-state index contributed by atoms with van der Waals surface area (Å²) in [5, 5.41) is 12.5. The zero-order valence-corrected chi connectivity index (χ0v) is 16.2. The molecule has 150 valence electrons. The van der Waals surface area contributed by atoms with E-state index in [0.717, 1.165) is 24.8 Å². The lowest BCUT2D eigenvalue weighted by Crippen LogP contribution is -2.40. The summed E-state index contributed by atoms with van der Waals surface area (Å²) in [4.78, 5) is 23.8. The number of rotatable bonds is 12. The van der Waals surface area contributed by atoms with Gasteiger partial charge in [-0.1, -0.05) is 81.5 Å². The minimum Gasteiger partial charge on any atom is -0.467 e. The van der Waals surface area contributed by atoms with E-state index >= 15 is 0 Å². The Morgan fingerprint density at radius 1 is 1.11 bits per heavy atom. The number of hydrogen-bond acceptors (Lipinski definition) is 5. The number of aliphatic hydroxyl groups excluding tert-OH is 1. The SMILES string of the molecule is CCCCCCCC(O)/C=C/C(NC(=O)OCc1ccccc1)C(=O)OC. The van der Waals surface area contributed by atoms with Crippen molar-refractivity contribution >= 4 is 12.1 Å². The molecule has 1 aromatic carbocycles. The van der Waals surface area contributed by atoms with Crippen LogP contribution in [0.4, 0.5) is 4.79 Å². The molecule has 0 aliphatic rings. The highest BCUT2D eigenvalue weighted by molar-refractivity contribution is 5.83. The van der Waals surface area contributed by atoms with E-state index in [0.29, 0.717) is 6.42 Å². The zero-order valence-electron chi connectivity index (χ0n) is 16.2. The highest BCUT2D eigenvalue weighted by Gasteiger charge is 2.19. The number of aliphatic hydroxyl groups is 1. The monoisotopic (exact) mass is 377 g/mol. The lowest BCUT2D eigenvalue weighted by Gasteiger charge is -2.14. The molecule has 1 aromatic rings. The van der Waals surface area contributed by atoms with E-state index in [2.05, 4.69) is 12.2 Å². The molecule has 0 aliphatic carbocycles. The van der Waals surface area contributed by atoms with Crippen LogP contribution in [-0.4, -0.2) is 36.4 Å². The Morgan fingerprint density at radius 2 is 1.81 bits per heavy atom. The highest BCUT2D eigenvalue weighted by Crippen LogP contribution is 2.08. The lowest BCUT2D eigenvalue weighted by atomic mass is 10.1. The standard InChI is InChI=1S/C21H31NO5/c1-3-4-5-6-10-13-18(23)14-15-19(20(24)26-2)22-21(25)27-16-17-11-8-7-9-12-17/h7-9,11-12,14-15,18-19,23H,3-6,10,13,16H2,1-2H3,(H,22,25)/b15-14+. The summed E-state index contributed by atoms with van der Waals surface area (Å²) in [6.45, 7) is 2.26. The van der Waals surface area contributed by atoms with Crippen LogP contribution in [-0.2, 0) is 20.9 Å². The molecule has 6 nitrogen and oxygen atoms in total. The molecule has 2 atom stereocenters. The van der Waals surface area contributed by atoms with E-state index in [1.165, 1.54) is 32.1 Å². The van der Waals surface area contributed by atoms with Gasteiger partial charge in [0.25, 0.3) is 0 Å². The van der Waals surface area contributed by atoms with E-state index in [-0.39, 0.29) is 6.61 Å². The van der Waals surface area contributed by atoms with Crippen LogP contribution in [0, 0.1) is 0 Å². The second kappa shape index (κ2) is 13.8. The van der Waals surface area contributed by atoms with Gasteiger partial charge in [0.05, 0.1) is 13.2 Å². The van der Waals surface area contributed by atoms with Crippen molar-refractivity contribution in [2.24, 2.45) is 0 Å². The topological polar surface area (TPSA) is 84.9 Å². The van der Waals surface area contributed by atoms with Gasteiger partial charge in [-0.2, -0.15) is 0 Å². The van der Waals surface area contributed by atoms with Crippen molar-refractivity contribution in [3.05, 3.63) is 48.0 Å². The molecule has 2 unspecified atom stereocenters. The number of carbonyl (C=O) groups is 2. The summed E-state index contributed by atoms with van der Waals surface area (Å²) in [7, 11) is 1.24. The number of unbranched alkanes of at least 4 members (excludes halogenated alkanes) is 4. The molecular weight excluding hydrogens is 346 g/mol. The number of alkyl carbamates (subject to hydrolysis) is 1. The van der Waals surface area contributed by atoms with Gasteiger partial charge in [0.15, 0.2) is 0 Å². The summed E-state index contributed by atoms with van der Waals surface area (Å²) in [5.41, 5.74) is 0.844. The first-order chi connectivity index (χ1) is 13.1. The Hall–Kier alpha value is -2.34. The molecule has 0 bridgehead atoms. The Bertz CT molecular complexity index is 573. The van der Waals surface area contributed by atoms with Crippen LogP contribution in [0.3, 0.4) is 0 Å². The van der Waals surface area contributed by atoms with Gasteiger partial charge in [-0.05, 0) is 12.0 Å². The predicted octanol–water partition coefficient (Wildman–Crippen LogP) is 3.73. The molecule has 0 fully saturated rings. The number of ether oxygens (including phenoxy) is 2. The molecule has 6 heteroatoms. The van der Waals surface area contributed by atoms with Gasteiger partial charge in [-0.15, -0.1) is 0 Å². The van der Waals surface area contributed by atoms with Crippen LogP contribution in [0.5, 0.6) is 0 Å². The van der Waals surface area contributed by atoms with E-state index in [1.807, 2.05) is 30.3 Å². The summed E-state index contributed by atoms with van der Waals surface area (Å²) < 4.78 is 9.80. The molecule has 0 saturated carbocycles. The third-order valence-corrected chi connectivity index (χ3v) is 4.07. The first-order valence-corrected chi connectivity index (χ1v) is 9.48. The van der Waals surface area contributed by atoms with Crippen molar-refractivity contribution < 1.29 is 24.2 Å². The Kier molecular flexibility index (Phi) is 11.6. The first kappa shape index (κ1) is 22.7. The normalized spacial score (nSPS) is 13.1. The molecule has 0 radical (unpaired) electrons. The number of amides is 1. The van der Waals surface area contributed by atoms with Crippen LogP contribution >= 0.6 is 0 Å². The van der Waals surface area contributed by atoms with Gasteiger partial charge < -0.3 is 19.9 Å². The lowest BCUT2D eigenvalue weighted by molar-refractivity contribution is -0.141. The van der Waals surface area contributed by atoms with Crippen LogP contribution in [0.1, 0.15) is 51.0 Å². The molecule has 2 N–H and O–H groups in total. The summed E-state index contributed by atoms with van der Waals surface area (Å²) >= 11 is 0.